The van der Waals surface area contributed by atoms with E-state index >= 15 is 0 Å². The van der Waals surface area contributed by atoms with Crippen LogP contribution in [0.5, 0.6) is 0 Å². The molecule has 21 heavy (non-hydrogen) atoms. The molecule has 0 radical (unpaired) electrons. The summed E-state index contributed by atoms with van der Waals surface area (Å²) in [5.74, 6) is -0.118. The van der Waals surface area contributed by atoms with Gasteiger partial charge in [-0.15, -0.1) is 0 Å². The van der Waals surface area contributed by atoms with E-state index < -0.39 is 10.0 Å². The van der Waals surface area contributed by atoms with Crippen LogP contribution in [-0.4, -0.2) is 49.7 Å². The van der Waals surface area contributed by atoms with Gasteiger partial charge in [0.15, 0.2) is 0 Å². The summed E-state index contributed by atoms with van der Waals surface area (Å²) in [5.41, 5.74) is 0.604. The summed E-state index contributed by atoms with van der Waals surface area (Å²) >= 11 is 6.03. The number of benzene rings is 1. The maximum atomic E-state index is 12.5. The van der Waals surface area contributed by atoms with Gasteiger partial charge in [-0.3, -0.25) is 4.79 Å². The minimum absolute atomic E-state index is 0.0136. The monoisotopic (exact) mass is 330 g/mol. The molecule has 0 N–H and O–H groups in total. The zero-order valence-electron chi connectivity index (χ0n) is 12.0. The summed E-state index contributed by atoms with van der Waals surface area (Å²) < 4.78 is 26.5. The van der Waals surface area contributed by atoms with E-state index in [4.69, 9.17) is 11.6 Å². The molecule has 1 heterocycles. The Morgan fingerprint density at radius 1 is 1.19 bits per heavy atom. The van der Waals surface area contributed by atoms with Crippen LogP contribution in [-0.2, 0) is 20.6 Å². The first-order chi connectivity index (χ1) is 9.90. The Balaban J connectivity index is 2.09. The second-order valence-corrected chi connectivity index (χ2v) is 7.48. The van der Waals surface area contributed by atoms with Gasteiger partial charge in [-0.2, -0.15) is 4.31 Å². The summed E-state index contributed by atoms with van der Waals surface area (Å²) in [6, 6.07) is 6.96. The molecular formula is C14H19ClN2O3S. The first kappa shape index (κ1) is 16.3. The molecule has 1 aliphatic rings. The Kier molecular flexibility index (Phi) is 5.24. The first-order valence-corrected chi connectivity index (χ1v) is 8.85. The number of rotatable bonds is 3. The Morgan fingerprint density at radius 2 is 1.90 bits per heavy atom. The molecule has 0 saturated carbocycles. The molecule has 1 aromatic carbocycles. The molecule has 1 saturated heterocycles. The third-order valence-corrected chi connectivity index (χ3v) is 5.79. The van der Waals surface area contributed by atoms with Crippen LogP contribution in [0.4, 0.5) is 0 Å². The fourth-order valence-corrected chi connectivity index (χ4v) is 4.27. The maximum Gasteiger partial charge on any atom is 0.219 e. The standard InChI is InChI=1S/C14H19ClN2O3S/c1-12(18)16-7-4-8-17(10-9-16)21(19,20)11-13-5-2-3-6-14(13)15/h2-3,5-6H,4,7-11H2,1H3. The Hall–Kier alpha value is -1.11. The number of sulfonamides is 1. The topological polar surface area (TPSA) is 57.7 Å². The van der Waals surface area contributed by atoms with Crippen molar-refractivity contribution in [3.63, 3.8) is 0 Å². The van der Waals surface area contributed by atoms with Gasteiger partial charge in [-0.05, 0) is 18.1 Å². The lowest BCUT2D eigenvalue weighted by atomic mass is 10.2. The zero-order chi connectivity index (χ0) is 15.5. The van der Waals surface area contributed by atoms with Crippen molar-refractivity contribution in [2.75, 3.05) is 26.2 Å². The van der Waals surface area contributed by atoms with Crippen LogP contribution in [0.25, 0.3) is 0 Å². The van der Waals surface area contributed by atoms with Gasteiger partial charge in [0.05, 0.1) is 5.75 Å². The van der Waals surface area contributed by atoms with Gasteiger partial charge in [0, 0.05) is 38.1 Å². The number of hydrogen-bond donors (Lipinski definition) is 0. The summed E-state index contributed by atoms with van der Waals surface area (Å²) in [7, 11) is -3.42. The highest BCUT2D eigenvalue weighted by molar-refractivity contribution is 7.88. The predicted molar refractivity (Wildman–Crippen MR) is 82.5 cm³/mol. The average Bonchev–Trinajstić information content (AvgIpc) is 2.67. The summed E-state index contributed by atoms with van der Waals surface area (Å²) in [5, 5.41) is 0.459. The van der Waals surface area contributed by atoms with E-state index in [-0.39, 0.29) is 11.7 Å². The average molecular weight is 331 g/mol. The SMILES string of the molecule is CC(=O)N1CCCN(S(=O)(=O)Cc2ccccc2Cl)CC1. The molecule has 2 rings (SSSR count). The van der Waals surface area contributed by atoms with Crippen LogP contribution in [0.15, 0.2) is 24.3 Å². The Labute approximate surface area is 130 Å². The van der Waals surface area contributed by atoms with Crippen molar-refractivity contribution in [1.29, 1.82) is 0 Å². The molecule has 1 amide bonds. The highest BCUT2D eigenvalue weighted by Gasteiger charge is 2.26. The predicted octanol–water partition coefficient (Wildman–Crippen LogP) is 1.72. The summed E-state index contributed by atoms with van der Waals surface area (Å²) in [6.07, 6.45) is 0.654. The van der Waals surface area contributed by atoms with Crippen molar-refractivity contribution in [2.24, 2.45) is 0 Å². The van der Waals surface area contributed by atoms with E-state index in [1.54, 1.807) is 29.2 Å². The van der Waals surface area contributed by atoms with Gasteiger partial charge in [0.1, 0.15) is 0 Å². The first-order valence-electron chi connectivity index (χ1n) is 6.87. The van der Waals surface area contributed by atoms with Crippen molar-refractivity contribution in [3.05, 3.63) is 34.9 Å². The number of hydrogen-bond acceptors (Lipinski definition) is 3. The molecule has 0 atom stereocenters. The van der Waals surface area contributed by atoms with E-state index in [0.717, 1.165) is 0 Å². The van der Waals surface area contributed by atoms with Crippen molar-refractivity contribution in [3.8, 4) is 0 Å². The molecule has 0 aromatic heterocycles. The number of amides is 1. The molecule has 7 heteroatoms. The molecule has 1 aromatic rings. The highest BCUT2D eigenvalue weighted by Crippen LogP contribution is 2.20. The van der Waals surface area contributed by atoms with Gasteiger partial charge in [0.25, 0.3) is 0 Å². The third-order valence-electron chi connectivity index (χ3n) is 3.59. The van der Waals surface area contributed by atoms with E-state index in [1.165, 1.54) is 11.2 Å². The smallest absolute Gasteiger partial charge is 0.219 e. The highest BCUT2D eigenvalue weighted by atomic mass is 35.5. The van der Waals surface area contributed by atoms with Crippen molar-refractivity contribution in [1.82, 2.24) is 9.21 Å². The second kappa shape index (κ2) is 6.77. The number of carbonyl (C=O) groups excluding carboxylic acids is 1. The molecule has 0 spiro atoms. The number of halogens is 1. The number of nitrogens with zero attached hydrogens (tertiary/aromatic N) is 2. The van der Waals surface area contributed by atoms with Crippen LogP contribution in [0.3, 0.4) is 0 Å². The maximum absolute atomic E-state index is 12.5. The molecule has 5 nitrogen and oxygen atoms in total. The molecule has 0 bridgehead atoms. The van der Waals surface area contributed by atoms with Gasteiger partial charge in [-0.1, -0.05) is 29.8 Å². The third kappa shape index (κ3) is 4.18. The number of carbonyl (C=O) groups is 1. The van der Waals surface area contributed by atoms with Crippen LogP contribution < -0.4 is 0 Å². The molecule has 0 unspecified atom stereocenters. The van der Waals surface area contributed by atoms with Crippen molar-refractivity contribution < 1.29 is 13.2 Å². The molecule has 1 aliphatic heterocycles. The lowest BCUT2D eigenvalue weighted by molar-refractivity contribution is -0.128. The minimum atomic E-state index is -3.42. The Morgan fingerprint density at radius 3 is 2.57 bits per heavy atom. The van der Waals surface area contributed by atoms with Crippen molar-refractivity contribution >= 4 is 27.5 Å². The van der Waals surface area contributed by atoms with Crippen molar-refractivity contribution in [2.45, 2.75) is 19.1 Å². The van der Waals surface area contributed by atoms with E-state index in [0.29, 0.717) is 43.2 Å². The Bertz CT molecular complexity index is 618. The van der Waals surface area contributed by atoms with E-state index in [2.05, 4.69) is 0 Å². The minimum Gasteiger partial charge on any atom is -0.342 e. The lowest BCUT2D eigenvalue weighted by Crippen LogP contribution is -2.37. The largest absolute Gasteiger partial charge is 0.342 e. The van der Waals surface area contributed by atoms with Gasteiger partial charge < -0.3 is 4.90 Å². The fraction of sp³-hybridized carbons (Fsp3) is 0.500. The second-order valence-electron chi connectivity index (χ2n) is 5.11. The lowest BCUT2D eigenvalue weighted by Gasteiger charge is -2.21. The van der Waals surface area contributed by atoms with Gasteiger partial charge >= 0.3 is 0 Å². The quantitative estimate of drug-likeness (QED) is 0.848. The molecule has 116 valence electrons. The van der Waals surface area contributed by atoms with Crippen LogP contribution in [0, 0.1) is 0 Å². The zero-order valence-corrected chi connectivity index (χ0v) is 13.5. The summed E-state index contributed by atoms with van der Waals surface area (Å²) in [4.78, 5) is 13.1. The van der Waals surface area contributed by atoms with Crippen LogP contribution in [0.2, 0.25) is 5.02 Å². The van der Waals surface area contributed by atoms with Gasteiger partial charge in [0.2, 0.25) is 15.9 Å². The van der Waals surface area contributed by atoms with E-state index in [1.807, 2.05) is 0 Å². The normalized spacial score (nSPS) is 17.5. The van der Waals surface area contributed by atoms with Gasteiger partial charge in [-0.25, -0.2) is 8.42 Å². The van der Waals surface area contributed by atoms with E-state index in [9.17, 15) is 13.2 Å². The fourth-order valence-electron chi connectivity index (χ4n) is 2.39. The van der Waals surface area contributed by atoms with Crippen LogP contribution in [0.1, 0.15) is 18.9 Å². The summed E-state index contributed by atoms with van der Waals surface area (Å²) in [6.45, 7) is 3.33. The molecular weight excluding hydrogens is 312 g/mol. The molecule has 0 aliphatic carbocycles. The van der Waals surface area contributed by atoms with Crippen LogP contribution >= 0.6 is 11.6 Å². The molecule has 1 fully saturated rings.